The van der Waals surface area contributed by atoms with Crippen LogP contribution < -0.4 is 0 Å². The van der Waals surface area contributed by atoms with E-state index in [1.807, 2.05) is 12.2 Å². The van der Waals surface area contributed by atoms with Crippen LogP contribution in [0, 0.1) is 6.92 Å². The molecule has 0 nitrogen and oxygen atoms in total. The van der Waals surface area contributed by atoms with E-state index in [4.69, 9.17) is 0 Å². The Morgan fingerprint density at radius 1 is 0.733 bits per heavy atom. The molecule has 0 saturated carbocycles. The van der Waals surface area contributed by atoms with Crippen LogP contribution in [-0.4, -0.2) is 0 Å². The molecule has 1 aliphatic carbocycles. The Kier molecular flexibility index (Phi) is 9.05. The van der Waals surface area contributed by atoms with Gasteiger partial charge in [0.05, 0.1) is 0 Å². The fourth-order valence-corrected chi connectivity index (χ4v) is 1.60. The second-order valence-corrected chi connectivity index (χ2v) is 10.8. The van der Waals surface area contributed by atoms with Gasteiger partial charge in [0.15, 0.2) is 0 Å². The molecule has 0 bridgehead atoms. The molecule has 0 amide bonds. The summed E-state index contributed by atoms with van der Waals surface area (Å²) in [6.07, 6.45) is 7.21. The van der Waals surface area contributed by atoms with Gasteiger partial charge in [-0.25, -0.2) is 0 Å². The predicted octanol–water partition coefficient (Wildman–Crippen LogP) is 11.3. The summed E-state index contributed by atoms with van der Waals surface area (Å²) in [5.41, 5.74) is 2.76. The molecule has 0 fully saturated rings. The van der Waals surface area contributed by atoms with Crippen LogP contribution in [0.15, 0.2) is 47.0 Å². The molecule has 30 heavy (non-hydrogen) atoms. The molecule has 2 rings (SSSR count). The molecule has 1 aliphatic rings. The standard InChI is InChI=1S/C10H14.C5H5.2F6P.Fe/c1-8(2)10-6-4-9(3)5-7-10;1-2-4-5-3-1;2*1-7(2,3,4,5)6;/h4-8H,1-3H3;1-3H,4H2;;;/q;;2*-1;+2. The average molecular weight is 545 g/mol. The van der Waals surface area contributed by atoms with Crippen LogP contribution in [0.2, 0.25) is 0 Å². The van der Waals surface area contributed by atoms with Crippen LogP contribution in [0.25, 0.3) is 0 Å². The third kappa shape index (κ3) is 45.8. The summed E-state index contributed by atoms with van der Waals surface area (Å²) in [5, 5.41) is 0. The Balaban J connectivity index is 0. The van der Waals surface area contributed by atoms with Crippen molar-refractivity contribution in [3.05, 3.63) is 58.1 Å². The first-order valence-corrected chi connectivity index (χ1v) is 12.3. The number of halogens is 12. The number of aryl methyl sites for hydroxylation is 1. The number of benzene rings is 1. The summed E-state index contributed by atoms with van der Waals surface area (Å²) in [4.78, 5) is 0. The third-order valence-corrected chi connectivity index (χ3v) is 2.87. The molecule has 1 aromatic carbocycles. The monoisotopic (exact) mass is 545 g/mol. The number of hydrogen-bond donors (Lipinski definition) is 0. The molecular weight excluding hydrogens is 526 g/mol. The topological polar surface area (TPSA) is 0 Å². The van der Waals surface area contributed by atoms with E-state index in [-0.39, 0.29) is 0 Å². The van der Waals surface area contributed by atoms with E-state index in [1.54, 1.807) is 0 Å². The summed E-state index contributed by atoms with van der Waals surface area (Å²) in [6, 6.07) is 8.71. The van der Waals surface area contributed by atoms with Gasteiger partial charge in [-0.1, -0.05) is 43.7 Å². The normalized spacial score (nSPS) is 17.9. The fourth-order valence-electron chi connectivity index (χ4n) is 1.37. The molecule has 0 spiro atoms. The van der Waals surface area contributed by atoms with Crippen molar-refractivity contribution in [1.82, 2.24) is 0 Å². The minimum absolute atomic E-state index is 0.653. The van der Waals surface area contributed by atoms with Crippen LogP contribution >= 0.6 is 15.6 Å². The van der Waals surface area contributed by atoms with Gasteiger partial charge in [0.25, 0.3) is 0 Å². The van der Waals surface area contributed by atoms with Crippen LogP contribution in [0.3, 0.4) is 0 Å². The van der Waals surface area contributed by atoms with Crippen molar-refractivity contribution in [2.24, 2.45) is 0 Å². The van der Waals surface area contributed by atoms with E-state index >= 15 is 0 Å². The molecular formula is C15H19F12FeP2. The molecule has 181 valence electrons. The van der Waals surface area contributed by atoms with E-state index in [9.17, 15) is 50.4 Å². The van der Waals surface area contributed by atoms with Crippen LogP contribution in [0.1, 0.15) is 37.3 Å². The average Bonchev–Trinajstić information content (AvgIpc) is 2.83. The van der Waals surface area contributed by atoms with Gasteiger partial charge in [-0.05, 0) is 18.4 Å². The quantitative estimate of drug-likeness (QED) is 0.187. The van der Waals surface area contributed by atoms with Gasteiger partial charge in [0, 0.05) is 0 Å². The van der Waals surface area contributed by atoms with Crippen LogP contribution in [-0.2, 0) is 16.0 Å². The molecule has 0 N–H and O–H groups in total. The molecule has 1 aromatic rings. The first kappa shape index (κ1) is 31.4. The van der Waals surface area contributed by atoms with Crippen LogP contribution in [0.5, 0.6) is 0 Å². The van der Waals surface area contributed by atoms with E-state index in [1.165, 1.54) is 15.6 Å². The first-order chi connectivity index (χ1) is 12.5. The van der Waals surface area contributed by atoms with Gasteiger partial charge in [0.2, 0.25) is 0 Å². The zero-order valence-electron chi connectivity index (χ0n) is 15.6. The predicted molar refractivity (Wildman–Crippen MR) is 94.2 cm³/mol. The van der Waals surface area contributed by atoms with Crippen molar-refractivity contribution in [2.75, 3.05) is 0 Å². The van der Waals surface area contributed by atoms with Crippen molar-refractivity contribution in [1.29, 1.82) is 0 Å². The van der Waals surface area contributed by atoms with E-state index in [2.05, 4.69) is 67.1 Å². The summed E-state index contributed by atoms with van der Waals surface area (Å²) >= 11 is 3.74. The third-order valence-electron chi connectivity index (χ3n) is 2.46. The van der Waals surface area contributed by atoms with Crippen molar-refractivity contribution < 1.29 is 66.4 Å². The Morgan fingerprint density at radius 2 is 1.07 bits per heavy atom. The summed E-state index contributed by atoms with van der Waals surface area (Å²) in [6.45, 7) is 6.54. The van der Waals surface area contributed by atoms with Gasteiger partial charge in [-0.3, -0.25) is 0 Å². The molecule has 0 radical (unpaired) electrons. The zero-order valence-corrected chi connectivity index (χ0v) is 18.5. The molecule has 0 aliphatic heterocycles. The zero-order chi connectivity index (χ0) is 24.8. The number of rotatable bonds is 1. The van der Waals surface area contributed by atoms with E-state index in [0.717, 1.165) is 6.42 Å². The maximum atomic E-state index is 9.87. The van der Waals surface area contributed by atoms with Crippen molar-refractivity contribution >= 4 is 15.6 Å². The van der Waals surface area contributed by atoms with Crippen LogP contribution in [0.4, 0.5) is 50.4 Å². The molecule has 0 heterocycles. The first-order valence-electron chi connectivity index (χ1n) is 7.69. The number of allylic oxidation sites excluding steroid dienone is 4. The molecule has 0 atom stereocenters. The Morgan fingerprint density at radius 3 is 1.23 bits per heavy atom. The Bertz CT molecular complexity index is 690. The van der Waals surface area contributed by atoms with Gasteiger partial charge in [0.1, 0.15) is 0 Å². The minimum atomic E-state index is -10.7. The van der Waals surface area contributed by atoms with Gasteiger partial charge in [-0.15, -0.1) is 0 Å². The second kappa shape index (κ2) is 8.64. The molecule has 0 saturated heterocycles. The second-order valence-electron chi connectivity index (χ2n) is 6.21. The van der Waals surface area contributed by atoms with Gasteiger partial charge >= 0.3 is 111 Å². The van der Waals surface area contributed by atoms with Crippen molar-refractivity contribution in [3.63, 3.8) is 0 Å². The molecule has 15 heteroatoms. The fraction of sp³-hybridized carbons (Fsp3) is 0.333. The number of hydrogen-bond acceptors (Lipinski definition) is 0. The Labute approximate surface area is 173 Å². The maximum absolute atomic E-state index is 10.7. The molecule has 0 unspecified atom stereocenters. The van der Waals surface area contributed by atoms with Gasteiger partial charge in [-0.2, -0.15) is 0 Å². The Hall–Kier alpha value is -0.761. The van der Waals surface area contributed by atoms with E-state index in [0.29, 0.717) is 5.92 Å². The van der Waals surface area contributed by atoms with Crippen molar-refractivity contribution in [2.45, 2.75) is 33.1 Å². The summed E-state index contributed by atoms with van der Waals surface area (Å²) < 4.78 is 120. The summed E-state index contributed by atoms with van der Waals surface area (Å²) in [7, 11) is -21.3. The van der Waals surface area contributed by atoms with Gasteiger partial charge < -0.3 is 0 Å². The summed E-state index contributed by atoms with van der Waals surface area (Å²) in [5.74, 6) is 0.653. The van der Waals surface area contributed by atoms with Crippen molar-refractivity contribution in [3.8, 4) is 0 Å². The SMILES string of the molecule is Cc1ccc(C(C)C)cc1.F[P-](F)(F)(F)(F)F.F[P-](F)(F)(F)(F)F.[Fe+2][C]1=CC=CC1. The van der Waals surface area contributed by atoms with E-state index < -0.39 is 15.6 Å². The molecule has 0 aromatic heterocycles.